The Hall–Kier alpha value is -2.39. The summed E-state index contributed by atoms with van der Waals surface area (Å²) in [5.74, 6) is -0.0960. The Labute approximate surface area is 172 Å². The van der Waals surface area contributed by atoms with Crippen molar-refractivity contribution in [1.82, 2.24) is 0 Å². The van der Waals surface area contributed by atoms with E-state index < -0.39 is 9.84 Å². The number of rotatable bonds is 4. The number of amides is 1. The van der Waals surface area contributed by atoms with Crippen LogP contribution in [0.15, 0.2) is 53.5 Å². The highest BCUT2D eigenvalue weighted by Crippen LogP contribution is 2.43. The van der Waals surface area contributed by atoms with Crippen molar-refractivity contribution in [2.45, 2.75) is 17.7 Å². The first-order valence-corrected chi connectivity index (χ1v) is 11.7. The van der Waals surface area contributed by atoms with Gasteiger partial charge in [-0.05, 0) is 29.8 Å². The number of hydrogen-bond acceptors (Lipinski definition) is 5. The van der Waals surface area contributed by atoms with E-state index >= 15 is 0 Å². The van der Waals surface area contributed by atoms with E-state index in [9.17, 15) is 17.6 Å². The SMILES string of the molecule is COc1ccccc1N1C(=NC(=O)Cc2ccc(F)cc2)SC2CS(=O)(=O)CC21. The summed E-state index contributed by atoms with van der Waals surface area (Å²) in [6.45, 7) is 0. The Balaban J connectivity index is 1.66. The number of fused-ring (bicyclic) bond motifs is 1. The number of halogens is 1. The highest BCUT2D eigenvalue weighted by atomic mass is 32.2. The van der Waals surface area contributed by atoms with Crippen LogP contribution in [0.25, 0.3) is 0 Å². The number of hydrogen-bond donors (Lipinski definition) is 0. The summed E-state index contributed by atoms with van der Waals surface area (Å²) in [5, 5.41) is 0.272. The second kappa shape index (κ2) is 7.79. The molecule has 2 unspecified atom stereocenters. The first-order valence-electron chi connectivity index (χ1n) is 9.01. The van der Waals surface area contributed by atoms with Crippen LogP contribution in [-0.2, 0) is 21.1 Å². The second-order valence-corrected chi connectivity index (χ2v) is 10.3. The van der Waals surface area contributed by atoms with Gasteiger partial charge >= 0.3 is 0 Å². The smallest absolute Gasteiger partial charge is 0.252 e. The molecule has 4 rings (SSSR count). The van der Waals surface area contributed by atoms with E-state index in [-0.39, 0.29) is 40.9 Å². The predicted molar refractivity (Wildman–Crippen MR) is 112 cm³/mol. The van der Waals surface area contributed by atoms with Crippen molar-refractivity contribution >= 4 is 38.4 Å². The second-order valence-electron chi connectivity index (χ2n) is 6.93. The van der Waals surface area contributed by atoms with Gasteiger partial charge in [-0.1, -0.05) is 36.0 Å². The summed E-state index contributed by atoms with van der Waals surface area (Å²) in [7, 11) is -1.61. The van der Waals surface area contributed by atoms with Gasteiger partial charge in [0.05, 0.1) is 36.8 Å². The van der Waals surface area contributed by atoms with Gasteiger partial charge in [0.25, 0.3) is 5.91 Å². The van der Waals surface area contributed by atoms with Gasteiger partial charge < -0.3 is 9.64 Å². The van der Waals surface area contributed by atoms with Gasteiger partial charge in [-0.3, -0.25) is 4.79 Å². The summed E-state index contributed by atoms with van der Waals surface area (Å²) < 4.78 is 42.8. The summed E-state index contributed by atoms with van der Waals surface area (Å²) in [6, 6.07) is 12.7. The summed E-state index contributed by atoms with van der Waals surface area (Å²) in [6.07, 6.45) is 0.0394. The highest BCUT2D eigenvalue weighted by Gasteiger charge is 2.50. The lowest BCUT2D eigenvalue weighted by Gasteiger charge is -2.26. The zero-order valence-corrected chi connectivity index (χ0v) is 17.2. The van der Waals surface area contributed by atoms with Crippen molar-refractivity contribution in [3.8, 4) is 5.75 Å². The maximum Gasteiger partial charge on any atom is 0.252 e. The van der Waals surface area contributed by atoms with Crippen LogP contribution < -0.4 is 9.64 Å². The number of thioether (sulfide) groups is 1. The molecule has 0 radical (unpaired) electrons. The molecule has 2 saturated heterocycles. The summed E-state index contributed by atoms with van der Waals surface area (Å²) >= 11 is 1.31. The number of para-hydroxylation sites is 2. The van der Waals surface area contributed by atoms with E-state index in [2.05, 4.69) is 4.99 Å². The van der Waals surface area contributed by atoms with Gasteiger partial charge in [-0.15, -0.1) is 0 Å². The molecule has 2 aromatic rings. The van der Waals surface area contributed by atoms with Crippen LogP contribution in [0.5, 0.6) is 5.75 Å². The summed E-state index contributed by atoms with van der Waals surface area (Å²) in [5.41, 5.74) is 1.34. The highest BCUT2D eigenvalue weighted by molar-refractivity contribution is 8.16. The Morgan fingerprint density at radius 2 is 1.93 bits per heavy atom. The largest absolute Gasteiger partial charge is 0.495 e. The number of carbonyl (C=O) groups is 1. The number of ether oxygens (including phenoxy) is 1. The minimum atomic E-state index is -3.15. The van der Waals surface area contributed by atoms with Crippen LogP contribution >= 0.6 is 11.8 Å². The van der Waals surface area contributed by atoms with Crippen molar-refractivity contribution in [3.63, 3.8) is 0 Å². The molecule has 2 aliphatic rings. The number of benzene rings is 2. The van der Waals surface area contributed by atoms with Gasteiger partial charge in [-0.2, -0.15) is 4.99 Å². The first kappa shape index (κ1) is 19.9. The molecule has 2 fully saturated rings. The lowest BCUT2D eigenvalue weighted by molar-refractivity contribution is -0.117. The van der Waals surface area contributed by atoms with E-state index in [4.69, 9.17) is 4.74 Å². The monoisotopic (exact) mass is 434 g/mol. The Morgan fingerprint density at radius 3 is 2.66 bits per heavy atom. The van der Waals surface area contributed by atoms with E-state index in [0.717, 1.165) is 0 Å². The Morgan fingerprint density at radius 1 is 1.21 bits per heavy atom. The quantitative estimate of drug-likeness (QED) is 0.737. The predicted octanol–water partition coefficient (Wildman–Crippen LogP) is 2.68. The third kappa shape index (κ3) is 4.16. The number of nitrogens with zero attached hydrogens (tertiary/aromatic N) is 2. The lowest BCUT2D eigenvalue weighted by Crippen LogP contribution is -2.38. The van der Waals surface area contributed by atoms with Crippen LogP contribution in [0.4, 0.5) is 10.1 Å². The minimum Gasteiger partial charge on any atom is -0.495 e. The van der Waals surface area contributed by atoms with Crippen molar-refractivity contribution in [1.29, 1.82) is 0 Å². The zero-order chi connectivity index (χ0) is 20.6. The standard InChI is InChI=1S/C20H19FN2O4S2/c1-27-17-5-3-2-4-15(17)23-16-11-29(25,26)12-18(16)28-20(23)22-19(24)10-13-6-8-14(21)9-7-13/h2-9,16,18H,10-12H2,1H3. The molecule has 29 heavy (non-hydrogen) atoms. The van der Waals surface area contributed by atoms with Gasteiger partial charge in [0.2, 0.25) is 0 Å². The molecular weight excluding hydrogens is 415 g/mol. The zero-order valence-electron chi connectivity index (χ0n) is 15.6. The molecule has 6 nitrogen and oxygen atoms in total. The van der Waals surface area contributed by atoms with E-state index in [1.165, 1.54) is 23.9 Å². The van der Waals surface area contributed by atoms with Crippen LogP contribution in [0.2, 0.25) is 0 Å². The number of amidine groups is 1. The third-order valence-corrected chi connectivity index (χ3v) is 8.11. The van der Waals surface area contributed by atoms with Gasteiger partial charge in [-0.25, -0.2) is 12.8 Å². The van der Waals surface area contributed by atoms with E-state index in [0.29, 0.717) is 22.2 Å². The molecule has 0 N–H and O–H groups in total. The molecule has 1 amide bonds. The number of carbonyl (C=O) groups excluding carboxylic acids is 1. The fourth-order valence-corrected chi connectivity index (χ4v) is 7.52. The number of methoxy groups -OCH3 is 1. The average molecular weight is 435 g/mol. The van der Waals surface area contributed by atoms with Crippen molar-refractivity contribution in [3.05, 3.63) is 59.9 Å². The maximum absolute atomic E-state index is 13.1. The fourth-order valence-electron chi connectivity index (χ4n) is 3.60. The molecule has 2 atom stereocenters. The number of anilines is 1. The molecule has 2 heterocycles. The van der Waals surface area contributed by atoms with Crippen molar-refractivity contribution in [2.24, 2.45) is 4.99 Å². The van der Waals surface area contributed by atoms with E-state index in [1.54, 1.807) is 30.2 Å². The maximum atomic E-state index is 13.1. The third-order valence-electron chi connectivity index (χ3n) is 4.90. The summed E-state index contributed by atoms with van der Waals surface area (Å²) in [4.78, 5) is 18.6. The fraction of sp³-hybridized carbons (Fsp3) is 0.300. The molecule has 2 aromatic carbocycles. The topological polar surface area (TPSA) is 76.0 Å². The van der Waals surface area contributed by atoms with Gasteiger partial charge in [0.1, 0.15) is 11.6 Å². The van der Waals surface area contributed by atoms with Crippen molar-refractivity contribution < 1.29 is 22.3 Å². The molecule has 0 aromatic heterocycles. The van der Waals surface area contributed by atoms with Crippen LogP contribution in [0.1, 0.15) is 5.56 Å². The molecule has 0 bridgehead atoms. The first-order chi connectivity index (χ1) is 13.9. The number of sulfone groups is 1. The Kier molecular flexibility index (Phi) is 5.35. The minimum absolute atomic E-state index is 0.00783. The number of aliphatic imine (C=N–C) groups is 1. The average Bonchev–Trinajstić information content (AvgIpc) is 3.14. The molecule has 0 saturated carbocycles. The Bertz CT molecular complexity index is 1070. The molecule has 2 aliphatic heterocycles. The van der Waals surface area contributed by atoms with Crippen LogP contribution in [0, 0.1) is 5.82 Å². The normalized spacial score (nSPS) is 23.9. The molecular formula is C20H19FN2O4S2. The van der Waals surface area contributed by atoms with Crippen LogP contribution in [0.3, 0.4) is 0 Å². The van der Waals surface area contributed by atoms with Gasteiger partial charge in [0, 0.05) is 5.25 Å². The molecule has 0 spiro atoms. The molecule has 152 valence electrons. The van der Waals surface area contributed by atoms with Crippen LogP contribution in [-0.4, -0.2) is 49.4 Å². The van der Waals surface area contributed by atoms with E-state index in [1.807, 2.05) is 18.2 Å². The molecule has 9 heteroatoms. The lowest BCUT2D eigenvalue weighted by atomic mass is 10.1. The molecule has 0 aliphatic carbocycles. The van der Waals surface area contributed by atoms with Gasteiger partial charge in [0.15, 0.2) is 15.0 Å². The van der Waals surface area contributed by atoms with Crippen molar-refractivity contribution in [2.75, 3.05) is 23.5 Å².